The summed E-state index contributed by atoms with van der Waals surface area (Å²) in [5.74, 6) is -1.93. The maximum atomic E-state index is 12.8. The maximum Gasteiger partial charge on any atom is 0.490 e. The third-order valence-corrected chi connectivity index (χ3v) is 5.21. The minimum Gasteiger partial charge on any atom is -0.475 e. The number of nitrogens with zero attached hydrogens (tertiary/aromatic N) is 4. The molecule has 3 atom stereocenters. The van der Waals surface area contributed by atoms with E-state index in [-0.39, 0.29) is 23.8 Å². The van der Waals surface area contributed by atoms with Gasteiger partial charge in [0.1, 0.15) is 0 Å². The minimum absolute atomic E-state index is 0.0436. The number of amides is 1. The number of pyridine rings is 1. The van der Waals surface area contributed by atoms with Gasteiger partial charge in [0.15, 0.2) is 0 Å². The van der Waals surface area contributed by atoms with E-state index in [1.807, 2.05) is 18.2 Å². The fourth-order valence-corrected chi connectivity index (χ4v) is 3.75. The largest absolute Gasteiger partial charge is 0.490 e. The molecule has 4 heterocycles. The Kier molecular flexibility index (Phi) is 7.57. The Bertz CT molecular complexity index is 901. The standard InChI is InChI=1S/C18H21N5O2.C2HF3O2/c24-17(22-13-3-1-6-19-11-13)14-5-10-25-16-4-9-23(12-15(14)16)18-20-7-2-8-21-18;3-2(4,5)1(6)7/h1-3,6-8,11,14-16H,4-5,9-10,12H2,(H,22,24);(H,6,7)/t14-,15+,16-;/m1./s1. The van der Waals surface area contributed by atoms with E-state index in [2.05, 4.69) is 25.2 Å². The number of aromatic nitrogens is 3. The number of carbonyl (C=O) groups is 2. The molecule has 0 aromatic carbocycles. The predicted octanol–water partition coefficient (Wildman–Crippen LogP) is 2.38. The van der Waals surface area contributed by atoms with E-state index in [0.717, 1.165) is 37.6 Å². The first kappa shape index (κ1) is 23.4. The minimum atomic E-state index is -5.08. The van der Waals surface area contributed by atoms with Crippen LogP contribution in [0.15, 0.2) is 43.0 Å². The first-order chi connectivity index (χ1) is 15.3. The van der Waals surface area contributed by atoms with Crippen LogP contribution in [0.5, 0.6) is 0 Å². The maximum absolute atomic E-state index is 12.8. The predicted molar refractivity (Wildman–Crippen MR) is 107 cm³/mol. The molecule has 2 aliphatic rings. The smallest absolute Gasteiger partial charge is 0.475 e. The van der Waals surface area contributed by atoms with Gasteiger partial charge in [0.2, 0.25) is 11.9 Å². The summed E-state index contributed by atoms with van der Waals surface area (Å²) >= 11 is 0. The number of anilines is 2. The highest BCUT2D eigenvalue weighted by Crippen LogP contribution is 2.34. The van der Waals surface area contributed by atoms with E-state index in [1.165, 1.54) is 0 Å². The average molecular weight is 453 g/mol. The van der Waals surface area contributed by atoms with Crippen molar-refractivity contribution in [1.82, 2.24) is 15.0 Å². The van der Waals surface area contributed by atoms with Crippen molar-refractivity contribution >= 4 is 23.5 Å². The number of ether oxygens (including phenoxy) is 1. The number of halogens is 3. The number of piperidine rings is 1. The molecular weight excluding hydrogens is 431 g/mol. The molecule has 0 unspecified atom stereocenters. The van der Waals surface area contributed by atoms with Crippen molar-refractivity contribution in [3.05, 3.63) is 43.0 Å². The highest BCUT2D eigenvalue weighted by Gasteiger charge is 2.42. The molecule has 0 bridgehead atoms. The van der Waals surface area contributed by atoms with Crippen molar-refractivity contribution < 1.29 is 32.6 Å². The lowest BCUT2D eigenvalue weighted by Gasteiger charge is -2.44. The van der Waals surface area contributed by atoms with Crippen LogP contribution in [0.2, 0.25) is 0 Å². The fourth-order valence-electron chi connectivity index (χ4n) is 3.75. The zero-order valence-electron chi connectivity index (χ0n) is 16.9. The SMILES string of the molecule is O=C(Nc1cccnc1)[C@@H]1CCO[C@@H]2CCN(c3ncccn3)C[C@H]21.O=C(O)C(F)(F)F. The molecule has 12 heteroatoms. The Labute approximate surface area is 181 Å². The third kappa shape index (κ3) is 6.13. The molecule has 0 aliphatic carbocycles. The summed E-state index contributed by atoms with van der Waals surface area (Å²) in [7, 11) is 0. The molecule has 2 N–H and O–H groups in total. The van der Waals surface area contributed by atoms with Crippen molar-refractivity contribution in [1.29, 1.82) is 0 Å². The molecule has 1 amide bonds. The number of alkyl halides is 3. The van der Waals surface area contributed by atoms with Gasteiger partial charge in [0.05, 0.1) is 18.0 Å². The van der Waals surface area contributed by atoms with Gasteiger partial charge in [-0.15, -0.1) is 0 Å². The van der Waals surface area contributed by atoms with Gasteiger partial charge in [0.25, 0.3) is 0 Å². The molecule has 9 nitrogen and oxygen atoms in total. The quantitative estimate of drug-likeness (QED) is 0.728. The molecule has 0 saturated carbocycles. The number of nitrogens with one attached hydrogen (secondary N) is 1. The molecule has 0 spiro atoms. The van der Waals surface area contributed by atoms with Gasteiger partial charge in [-0.1, -0.05) is 0 Å². The van der Waals surface area contributed by atoms with Crippen molar-refractivity contribution in [2.75, 3.05) is 29.9 Å². The van der Waals surface area contributed by atoms with Crippen molar-refractivity contribution in [2.24, 2.45) is 11.8 Å². The van der Waals surface area contributed by atoms with E-state index < -0.39 is 12.1 Å². The van der Waals surface area contributed by atoms with Crippen LogP contribution in [0.3, 0.4) is 0 Å². The fraction of sp³-hybridized carbons (Fsp3) is 0.450. The average Bonchev–Trinajstić information content (AvgIpc) is 2.79. The Morgan fingerprint density at radius 2 is 1.88 bits per heavy atom. The normalized spacial score (nSPS) is 22.7. The summed E-state index contributed by atoms with van der Waals surface area (Å²) in [5.41, 5.74) is 0.731. The highest BCUT2D eigenvalue weighted by atomic mass is 19.4. The summed E-state index contributed by atoms with van der Waals surface area (Å²) in [5, 5.41) is 10.1. The summed E-state index contributed by atoms with van der Waals surface area (Å²) in [6, 6.07) is 5.48. The van der Waals surface area contributed by atoms with Gasteiger partial charge < -0.3 is 20.1 Å². The van der Waals surface area contributed by atoms with Crippen molar-refractivity contribution in [3.8, 4) is 0 Å². The van der Waals surface area contributed by atoms with Crippen LogP contribution in [-0.4, -0.2) is 63.9 Å². The lowest BCUT2D eigenvalue weighted by Crippen LogP contribution is -2.53. The van der Waals surface area contributed by atoms with E-state index >= 15 is 0 Å². The topological polar surface area (TPSA) is 118 Å². The van der Waals surface area contributed by atoms with Crippen LogP contribution >= 0.6 is 0 Å². The van der Waals surface area contributed by atoms with Gasteiger partial charge in [-0.2, -0.15) is 13.2 Å². The van der Waals surface area contributed by atoms with E-state index in [1.54, 1.807) is 24.8 Å². The lowest BCUT2D eigenvalue weighted by atomic mass is 9.79. The van der Waals surface area contributed by atoms with Crippen LogP contribution in [0, 0.1) is 11.8 Å². The van der Waals surface area contributed by atoms with Gasteiger partial charge in [-0.3, -0.25) is 9.78 Å². The van der Waals surface area contributed by atoms with Gasteiger partial charge >= 0.3 is 12.1 Å². The van der Waals surface area contributed by atoms with Crippen molar-refractivity contribution in [2.45, 2.75) is 25.1 Å². The summed E-state index contributed by atoms with van der Waals surface area (Å²) in [4.78, 5) is 36.6. The first-order valence-electron chi connectivity index (χ1n) is 9.90. The Hall–Kier alpha value is -3.28. The second-order valence-electron chi connectivity index (χ2n) is 7.29. The summed E-state index contributed by atoms with van der Waals surface area (Å²) < 4.78 is 37.7. The molecule has 0 radical (unpaired) electrons. The molecule has 4 rings (SSSR count). The molecule has 2 saturated heterocycles. The zero-order chi connectivity index (χ0) is 23.1. The van der Waals surface area contributed by atoms with Crippen LogP contribution in [0.4, 0.5) is 24.8 Å². The first-order valence-corrected chi connectivity index (χ1v) is 9.90. The Morgan fingerprint density at radius 3 is 2.50 bits per heavy atom. The number of carboxylic acid groups (broad SMARTS) is 1. The molecule has 32 heavy (non-hydrogen) atoms. The van der Waals surface area contributed by atoms with E-state index in [0.29, 0.717) is 6.61 Å². The van der Waals surface area contributed by atoms with E-state index in [4.69, 9.17) is 14.6 Å². The Balaban J connectivity index is 0.000000360. The zero-order valence-corrected chi connectivity index (χ0v) is 16.9. The number of hydrogen-bond donors (Lipinski definition) is 2. The second-order valence-corrected chi connectivity index (χ2v) is 7.29. The van der Waals surface area contributed by atoms with Gasteiger partial charge in [0, 0.05) is 50.1 Å². The number of carbonyl (C=O) groups excluding carboxylic acids is 1. The summed E-state index contributed by atoms with van der Waals surface area (Å²) in [6.45, 7) is 2.22. The molecule has 2 aromatic rings. The lowest BCUT2D eigenvalue weighted by molar-refractivity contribution is -0.192. The molecule has 2 aliphatic heterocycles. The van der Waals surface area contributed by atoms with Crippen molar-refractivity contribution in [3.63, 3.8) is 0 Å². The number of hydrogen-bond acceptors (Lipinski definition) is 7. The molecular formula is C20H22F3N5O4. The second kappa shape index (κ2) is 10.4. The van der Waals surface area contributed by atoms with E-state index in [9.17, 15) is 18.0 Å². The Morgan fingerprint density at radius 1 is 1.16 bits per heavy atom. The summed E-state index contributed by atoms with van der Waals surface area (Å²) in [6.07, 6.45) is 3.52. The molecule has 2 aromatic heterocycles. The number of aliphatic carboxylic acids is 1. The number of rotatable bonds is 3. The van der Waals surface area contributed by atoms with Gasteiger partial charge in [-0.05, 0) is 31.0 Å². The van der Waals surface area contributed by atoms with Crippen LogP contribution in [-0.2, 0) is 14.3 Å². The number of fused-ring (bicyclic) bond motifs is 1. The molecule has 2 fully saturated rings. The highest BCUT2D eigenvalue weighted by molar-refractivity contribution is 5.92. The third-order valence-electron chi connectivity index (χ3n) is 5.21. The van der Waals surface area contributed by atoms with Crippen LogP contribution in [0.1, 0.15) is 12.8 Å². The van der Waals surface area contributed by atoms with Crippen LogP contribution < -0.4 is 10.2 Å². The number of carboxylic acids is 1. The monoisotopic (exact) mass is 453 g/mol. The van der Waals surface area contributed by atoms with Gasteiger partial charge in [-0.25, -0.2) is 14.8 Å². The molecule has 172 valence electrons. The van der Waals surface area contributed by atoms with Crippen LogP contribution in [0.25, 0.3) is 0 Å².